The lowest BCUT2D eigenvalue weighted by Gasteiger charge is -2.29. The first-order chi connectivity index (χ1) is 24.8. The van der Waals surface area contributed by atoms with Crippen molar-refractivity contribution in [2.75, 3.05) is 0 Å². The first-order valence-corrected chi connectivity index (χ1v) is 17.2. The normalized spacial score (nSPS) is 17.4. The Labute approximate surface area is 291 Å². The average molecular weight is 644 g/mol. The van der Waals surface area contributed by atoms with Crippen LogP contribution in [-0.4, -0.2) is 25.6 Å². The highest BCUT2D eigenvalue weighted by Crippen LogP contribution is 2.43. The summed E-state index contributed by atoms with van der Waals surface area (Å²) < 4.78 is 0. The molecule has 0 radical (unpaired) electrons. The van der Waals surface area contributed by atoms with Gasteiger partial charge in [0.05, 0.1) is 28.5 Å². The molecule has 0 spiro atoms. The lowest BCUT2D eigenvalue weighted by atomic mass is 9.82. The summed E-state index contributed by atoms with van der Waals surface area (Å²) in [5.41, 5.74) is 13.0. The molecule has 2 aliphatic carbocycles. The number of hydrogen-bond acceptors (Lipinski definition) is 5. The van der Waals surface area contributed by atoms with Crippen molar-refractivity contribution in [3.8, 4) is 45.2 Å². The Hall–Kier alpha value is -6.33. The van der Waals surface area contributed by atoms with Crippen molar-refractivity contribution in [2.24, 2.45) is 10.9 Å². The van der Waals surface area contributed by atoms with Crippen LogP contribution in [-0.2, 0) is 0 Å². The zero-order chi connectivity index (χ0) is 33.3. The Kier molecular flexibility index (Phi) is 7.71. The molecule has 1 aliphatic heterocycles. The molecule has 0 amide bonds. The molecular weight excluding hydrogens is 611 g/mol. The van der Waals surface area contributed by atoms with Crippen molar-refractivity contribution >= 4 is 17.4 Å². The Morgan fingerprint density at radius 1 is 0.540 bits per heavy atom. The number of nitrogens with zero attached hydrogens (tertiary/aromatic N) is 5. The fourth-order valence-corrected chi connectivity index (χ4v) is 6.96. The number of fused-ring (bicyclic) bond motifs is 3. The molecule has 4 heterocycles. The first kappa shape index (κ1) is 29.8. The van der Waals surface area contributed by atoms with Crippen LogP contribution in [0.1, 0.15) is 41.4 Å². The molecule has 0 fully saturated rings. The maximum Gasteiger partial charge on any atom is 0.179 e. The van der Waals surface area contributed by atoms with E-state index in [1.54, 1.807) is 6.20 Å². The highest BCUT2D eigenvalue weighted by molar-refractivity contribution is 6.09. The van der Waals surface area contributed by atoms with E-state index in [4.69, 9.17) is 19.9 Å². The fraction of sp³-hybridized carbons (Fsp3) is 0.0889. The molecule has 50 heavy (non-hydrogen) atoms. The SMILES string of the molecule is C1=CC(c2cc(-c3cccc(-c4cc(-c5ccccc5)c5c(n4)C4N=C(c6ccccc6)C=CC4C=C5)c3)nc(-c3ccccn3)n2)=CCC1. The van der Waals surface area contributed by atoms with Crippen molar-refractivity contribution in [1.29, 1.82) is 0 Å². The van der Waals surface area contributed by atoms with Gasteiger partial charge in [-0.25, -0.2) is 15.0 Å². The van der Waals surface area contributed by atoms with Crippen LogP contribution < -0.4 is 0 Å². The summed E-state index contributed by atoms with van der Waals surface area (Å²) in [7, 11) is 0. The molecular formula is C45H33N5. The number of dihydropyridines is 1. The van der Waals surface area contributed by atoms with Crippen LogP contribution in [0.5, 0.6) is 0 Å². The second-order valence-corrected chi connectivity index (χ2v) is 12.7. The highest BCUT2D eigenvalue weighted by Gasteiger charge is 2.31. The van der Waals surface area contributed by atoms with Gasteiger partial charge in [0, 0.05) is 28.8 Å². The standard InChI is InChI=1S/C45H33N5/c1-4-13-30(14-5-1)37-28-40(48-44-36(37)24-22-33-23-25-38(47-43(33)44)31-15-6-2-7-16-31)34-19-12-20-35(27-34)42-29-41(32-17-8-3-9-18-32)49-45(50-42)39-21-10-11-26-46-39/h1-2,4-8,10-29,33,43H,3,9H2. The molecule has 0 saturated heterocycles. The Balaban J connectivity index is 1.19. The third-order valence-electron chi connectivity index (χ3n) is 9.49. The van der Waals surface area contributed by atoms with Crippen molar-refractivity contribution in [2.45, 2.75) is 18.9 Å². The number of rotatable bonds is 6. The summed E-state index contributed by atoms with van der Waals surface area (Å²) >= 11 is 0. The predicted octanol–water partition coefficient (Wildman–Crippen LogP) is 10.4. The second-order valence-electron chi connectivity index (χ2n) is 12.7. The predicted molar refractivity (Wildman–Crippen MR) is 203 cm³/mol. The van der Waals surface area contributed by atoms with Gasteiger partial charge in [-0.1, -0.05) is 121 Å². The third-order valence-corrected chi connectivity index (χ3v) is 9.49. The number of aliphatic imine (C=N–C) groups is 1. The second kappa shape index (κ2) is 12.9. The topological polar surface area (TPSA) is 63.9 Å². The summed E-state index contributed by atoms with van der Waals surface area (Å²) in [5.74, 6) is 0.747. The number of pyridine rings is 2. The molecule has 6 aromatic rings. The number of allylic oxidation sites excluding steroid dienone is 5. The molecule has 9 rings (SSSR count). The smallest absolute Gasteiger partial charge is 0.179 e. The van der Waals surface area contributed by atoms with E-state index < -0.39 is 0 Å². The van der Waals surface area contributed by atoms with Crippen LogP contribution >= 0.6 is 0 Å². The number of hydrogen-bond donors (Lipinski definition) is 0. The van der Waals surface area contributed by atoms with Gasteiger partial charge in [0.15, 0.2) is 5.82 Å². The minimum Gasteiger partial charge on any atom is -0.274 e. The van der Waals surface area contributed by atoms with Gasteiger partial charge in [-0.2, -0.15) is 0 Å². The summed E-state index contributed by atoms with van der Waals surface area (Å²) in [4.78, 5) is 25.3. The molecule has 0 saturated carbocycles. The zero-order valence-electron chi connectivity index (χ0n) is 27.4. The largest absolute Gasteiger partial charge is 0.274 e. The van der Waals surface area contributed by atoms with Crippen LogP contribution in [0, 0.1) is 5.92 Å². The van der Waals surface area contributed by atoms with Crippen LogP contribution in [0.15, 0.2) is 163 Å². The van der Waals surface area contributed by atoms with Crippen LogP contribution in [0.3, 0.4) is 0 Å². The summed E-state index contributed by atoms with van der Waals surface area (Å²) in [5, 5.41) is 0. The maximum absolute atomic E-state index is 5.42. The van der Waals surface area contributed by atoms with E-state index >= 15 is 0 Å². The van der Waals surface area contributed by atoms with Gasteiger partial charge in [-0.15, -0.1) is 0 Å². The maximum atomic E-state index is 5.42. The molecule has 238 valence electrons. The van der Waals surface area contributed by atoms with E-state index in [0.717, 1.165) is 86.0 Å². The van der Waals surface area contributed by atoms with Crippen molar-refractivity contribution < 1.29 is 0 Å². The lowest BCUT2D eigenvalue weighted by Crippen LogP contribution is -2.20. The summed E-state index contributed by atoms with van der Waals surface area (Å²) in [6, 6.07) is 39.6. The Bertz CT molecular complexity index is 2370. The van der Waals surface area contributed by atoms with Crippen LogP contribution in [0.2, 0.25) is 0 Å². The molecule has 0 N–H and O–H groups in total. The molecule has 5 heteroatoms. The molecule has 2 atom stereocenters. The van der Waals surface area contributed by atoms with E-state index in [-0.39, 0.29) is 12.0 Å². The molecule has 0 bridgehead atoms. The van der Waals surface area contributed by atoms with E-state index in [2.05, 4.69) is 139 Å². The van der Waals surface area contributed by atoms with Crippen molar-refractivity contribution in [3.63, 3.8) is 0 Å². The highest BCUT2D eigenvalue weighted by atomic mass is 14.9. The first-order valence-electron chi connectivity index (χ1n) is 17.2. The summed E-state index contributed by atoms with van der Waals surface area (Å²) in [6.45, 7) is 0. The monoisotopic (exact) mass is 643 g/mol. The van der Waals surface area contributed by atoms with Crippen molar-refractivity contribution in [3.05, 3.63) is 180 Å². The van der Waals surface area contributed by atoms with Gasteiger partial charge in [0.2, 0.25) is 0 Å². The summed E-state index contributed by atoms with van der Waals surface area (Å²) in [6.07, 6.45) is 19.3. The quantitative estimate of drug-likeness (QED) is 0.181. The van der Waals surface area contributed by atoms with Crippen LogP contribution in [0.25, 0.3) is 56.8 Å². The van der Waals surface area contributed by atoms with E-state index in [9.17, 15) is 0 Å². The van der Waals surface area contributed by atoms with Gasteiger partial charge in [0.1, 0.15) is 11.7 Å². The molecule has 3 aromatic heterocycles. The van der Waals surface area contributed by atoms with Gasteiger partial charge in [0.25, 0.3) is 0 Å². The van der Waals surface area contributed by atoms with Gasteiger partial charge in [-0.3, -0.25) is 9.98 Å². The average Bonchev–Trinajstić information content (AvgIpc) is 3.21. The minimum absolute atomic E-state index is 0.122. The molecule has 5 nitrogen and oxygen atoms in total. The Morgan fingerprint density at radius 3 is 2.02 bits per heavy atom. The molecule has 3 aromatic carbocycles. The van der Waals surface area contributed by atoms with Gasteiger partial charge < -0.3 is 0 Å². The Morgan fingerprint density at radius 2 is 1.26 bits per heavy atom. The van der Waals surface area contributed by atoms with Gasteiger partial charge >= 0.3 is 0 Å². The van der Waals surface area contributed by atoms with Crippen LogP contribution in [0.4, 0.5) is 0 Å². The third kappa shape index (κ3) is 5.73. The zero-order valence-corrected chi connectivity index (χ0v) is 27.4. The van der Waals surface area contributed by atoms with E-state index in [1.165, 1.54) is 0 Å². The van der Waals surface area contributed by atoms with Gasteiger partial charge in [-0.05, 0) is 71.5 Å². The fourth-order valence-electron chi connectivity index (χ4n) is 6.96. The minimum atomic E-state index is -0.122. The molecule has 2 unspecified atom stereocenters. The molecule has 3 aliphatic rings. The van der Waals surface area contributed by atoms with Crippen molar-refractivity contribution in [1.82, 2.24) is 19.9 Å². The number of aromatic nitrogens is 4. The number of benzene rings is 3. The lowest BCUT2D eigenvalue weighted by molar-refractivity contribution is 0.592. The van der Waals surface area contributed by atoms with E-state index in [0.29, 0.717) is 5.82 Å². The van der Waals surface area contributed by atoms with E-state index in [1.807, 2.05) is 24.3 Å².